The first-order chi connectivity index (χ1) is 14.4. The molecule has 0 radical (unpaired) electrons. The fraction of sp³-hybridized carbons (Fsp3) is 0.167. The Kier molecular flexibility index (Phi) is 3.61. The van der Waals surface area contributed by atoms with Crippen LogP contribution >= 0.6 is 34.8 Å². The van der Waals surface area contributed by atoms with Gasteiger partial charge in [0, 0.05) is 5.02 Å². The number of carbonyl (C=O) groups is 2. The van der Waals surface area contributed by atoms with Crippen molar-refractivity contribution in [1.82, 2.24) is 0 Å². The molecule has 3 aromatic rings. The van der Waals surface area contributed by atoms with Gasteiger partial charge in [0.2, 0.25) is 11.8 Å². The van der Waals surface area contributed by atoms with E-state index in [2.05, 4.69) is 0 Å². The lowest BCUT2D eigenvalue weighted by Crippen LogP contribution is -2.57. The van der Waals surface area contributed by atoms with Gasteiger partial charge in [0.05, 0.1) is 17.5 Å². The van der Waals surface area contributed by atoms with E-state index >= 15 is 0 Å². The summed E-state index contributed by atoms with van der Waals surface area (Å²) in [5.74, 6) is -2.33. The topological polar surface area (TPSA) is 37.4 Å². The zero-order valence-corrected chi connectivity index (χ0v) is 17.7. The van der Waals surface area contributed by atoms with Crippen LogP contribution in [0, 0.1) is 11.8 Å². The van der Waals surface area contributed by atoms with Crippen molar-refractivity contribution >= 4 is 52.3 Å². The van der Waals surface area contributed by atoms with Crippen molar-refractivity contribution in [1.29, 1.82) is 0 Å². The molecule has 6 heteroatoms. The maximum Gasteiger partial charge on any atom is 0.240 e. The Morgan fingerprint density at radius 3 is 1.50 bits per heavy atom. The summed E-state index contributed by atoms with van der Waals surface area (Å²) in [4.78, 5) is 26.3. The number of nitrogens with zero attached hydrogens (tertiary/aromatic N) is 1. The van der Waals surface area contributed by atoms with Gasteiger partial charge < -0.3 is 0 Å². The Balaban J connectivity index is 1.67. The Morgan fingerprint density at radius 1 is 0.667 bits per heavy atom. The number of hydrogen-bond acceptors (Lipinski definition) is 2. The van der Waals surface area contributed by atoms with Crippen molar-refractivity contribution in [3.63, 3.8) is 0 Å². The van der Waals surface area contributed by atoms with Crippen molar-refractivity contribution in [2.75, 3.05) is 4.90 Å². The SMILES string of the molecule is O=C1[C@@H]2[C@H](C(=O)N1c1cccc(Cl)c1)C1(Cl)c3ccccc3C2(Cl)c2ccccc21. The Bertz CT molecular complexity index is 1150. The maximum absolute atomic E-state index is 13.7. The molecule has 3 nitrogen and oxygen atoms in total. The van der Waals surface area contributed by atoms with Gasteiger partial charge in [-0.2, -0.15) is 0 Å². The number of halogens is 3. The van der Waals surface area contributed by atoms with Crippen LogP contribution in [0.1, 0.15) is 22.3 Å². The minimum atomic E-state index is -1.17. The zero-order chi connectivity index (χ0) is 20.8. The van der Waals surface area contributed by atoms with Crippen molar-refractivity contribution in [2.45, 2.75) is 9.75 Å². The molecular weight excluding hydrogens is 441 g/mol. The zero-order valence-electron chi connectivity index (χ0n) is 15.5. The highest BCUT2D eigenvalue weighted by atomic mass is 35.5. The molecule has 2 atom stereocenters. The fourth-order valence-corrected chi connectivity index (χ4v) is 6.82. The number of imide groups is 1. The lowest BCUT2D eigenvalue weighted by atomic mass is 9.54. The predicted molar refractivity (Wildman–Crippen MR) is 117 cm³/mol. The Labute approximate surface area is 188 Å². The molecule has 1 aliphatic heterocycles. The average Bonchev–Trinajstić information content (AvgIpc) is 3.03. The van der Waals surface area contributed by atoms with E-state index in [-0.39, 0.29) is 11.8 Å². The van der Waals surface area contributed by atoms with Gasteiger partial charge in [-0.3, -0.25) is 9.59 Å². The number of anilines is 1. The molecule has 2 amide bonds. The molecule has 0 unspecified atom stereocenters. The number of hydrogen-bond donors (Lipinski definition) is 0. The van der Waals surface area contributed by atoms with Crippen molar-refractivity contribution in [2.24, 2.45) is 11.8 Å². The van der Waals surface area contributed by atoms with E-state index in [0.717, 1.165) is 22.3 Å². The van der Waals surface area contributed by atoms with E-state index in [1.165, 1.54) is 4.90 Å². The standard InChI is InChI=1S/C24H14Cl3NO2/c25-13-6-5-7-14(12-13)28-21(29)19-20(22(28)30)24(27)16-9-2-1-8-15(16)23(19,26)17-10-3-4-11-18(17)24/h1-12,19-20H/t19-,20+,23?,24?. The van der Waals surface area contributed by atoms with Gasteiger partial charge in [-0.15, -0.1) is 23.2 Å². The van der Waals surface area contributed by atoms with Gasteiger partial charge in [0.1, 0.15) is 9.75 Å². The first kappa shape index (κ1) is 18.4. The summed E-state index contributed by atoms with van der Waals surface area (Å²) in [6, 6.07) is 21.9. The fourth-order valence-electron chi connectivity index (χ4n) is 5.54. The molecule has 1 saturated heterocycles. The molecule has 0 saturated carbocycles. The molecule has 1 fully saturated rings. The highest BCUT2D eigenvalue weighted by Gasteiger charge is 2.73. The summed E-state index contributed by atoms with van der Waals surface area (Å²) in [6.07, 6.45) is 0. The molecule has 7 rings (SSSR count). The monoisotopic (exact) mass is 453 g/mol. The third-order valence-corrected chi connectivity index (χ3v) is 8.17. The molecule has 148 valence electrons. The molecule has 30 heavy (non-hydrogen) atoms. The van der Waals surface area contributed by atoms with E-state index in [9.17, 15) is 9.59 Å². The number of alkyl halides is 2. The van der Waals surface area contributed by atoms with E-state index in [1.807, 2.05) is 48.5 Å². The molecule has 1 heterocycles. The highest BCUT2D eigenvalue weighted by Crippen LogP contribution is 2.69. The lowest BCUT2D eigenvalue weighted by molar-refractivity contribution is -0.122. The molecule has 2 bridgehead atoms. The van der Waals surface area contributed by atoms with Gasteiger partial charge in [0.15, 0.2) is 0 Å². The molecule has 3 aromatic carbocycles. The van der Waals surface area contributed by atoms with E-state index < -0.39 is 21.6 Å². The lowest BCUT2D eigenvalue weighted by Gasteiger charge is -2.54. The van der Waals surface area contributed by atoms with Crippen LogP contribution < -0.4 is 4.90 Å². The quantitative estimate of drug-likeness (QED) is 0.363. The number of carbonyl (C=O) groups excluding carboxylic acids is 2. The van der Waals surface area contributed by atoms with Gasteiger partial charge in [-0.25, -0.2) is 4.90 Å². The number of rotatable bonds is 1. The molecular formula is C24H14Cl3NO2. The third kappa shape index (κ3) is 1.94. The smallest absolute Gasteiger partial charge is 0.240 e. The van der Waals surface area contributed by atoms with E-state index in [0.29, 0.717) is 10.7 Å². The predicted octanol–water partition coefficient (Wildman–Crippen LogP) is 5.44. The van der Waals surface area contributed by atoms with Gasteiger partial charge in [-0.1, -0.05) is 66.2 Å². The number of benzene rings is 3. The summed E-state index contributed by atoms with van der Waals surface area (Å²) in [6.45, 7) is 0. The van der Waals surface area contributed by atoms with Gasteiger partial charge in [0.25, 0.3) is 0 Å². The van der Waals surface area contributed by atoms with E-state index in [4.69, 9.17) is 34.8 Å². The normalized spacial score (nSPS) is 30.8. The second-order valence-corrected chi connectivity index (χ2v) is 9.59. The molecule has 4 aliphatic rings. The summed E-state index contributed by atoms with van der Waals surface area (Å²) in [5.41, 5.74) is 3.58. The highest BCUT2D eigenvalue weighted by molar-refractivity contribution is 6.39. The Morgan fingerprint density at radius 2 is 1.10 bits per heavy atom. The summed E-state index contributed by atoms with van der Waals surface area (Å²) < 4.78 is 0. The minimum absolute atomic E-state index is 0.351. The first-order valence-corrected chi connectivity index (χ1v) is 10.7. The maximum atomic E-state index is 13.7. The number of amides is 2. The largest absolute Gasteiger partial charge is 0.274 e. The van der Waals surface area contributed by atoms with Crippen LogP contribution in [0.2, 0.25) is 5.02 Å². The van der Waals surface area contributed by atoms with Crippen LogP contribution in [0.3, 0.4) is 0 Å². The molecule has 3 aliphatic carbocycles. The third-order valence-electron chi connectivity index (χ3n) is 6.65. The van der Waals surface area contributed by atoms with E-state index in [1.54, 1.807) is 24.3 Å². The summed E-state index contributed by atoms with van der Waals surface area (Å²) in [7, 11) is 0. The van der Waals surface area contributed by atoms with Crippen LogP contribution in [0.25, 0.3) is 0 Å². The van der Waals surface area contributed by atoms with Crippen LogP contribution in [-0.2, 0) is 19.3 Å². The van der Waals surface area contributed by atoms with Crippen molar-refractivity contribution < 1.29 is 9.59 Å². The second kappa shape index (κ2) is 5.88. The van der Waals surface area contributed by atoms with Gasteiger partial charge in [-0.05, 0) is 40.5 Å². The van der Waals surface area contributed by atoms with Crippen LogP contribution in [0.5, 0.6) is 0 Å². The average molecular weight is 455 g/mol. The Hall–Kier alpha value is -2.33. The van der Waals surface area contributed by atoms with Crippen LogP contribution in [-0.4, -0.2) is 11.8 Å². The summed E-state index contributed by atoms with van der Waals surface area (Å²) in [5, 5.41) is 0.443. The van der Waals surface area contributed by atoms with Crippen LogP contribution in [0.15, 0.2) is 72.8 Å². The first-order valence-electron chi connectivity index (χ1n) is 9.61. The molecule has 0 spiro atoms. The molecule has 0 aromatic heterocycles. The minimum Gasteiger partial charge on any atom is -0.274 e. The molecule has 0 N–H and O–H groups in total. The van der Waals surface area contributed by atoms with Crippen molar-refractivity contribution in [3.05, 3.63) is 100 Å². The summed E-state index contributed by atoms with van der Waals surface area (Å²) >= 11 is 20.9. The second-order valence-electron chi connectivity index (χ2n) is 7.96. The van der Waals surface area contributed by atoms with Crippen molar-refractivity contribution in [3.8, 4) is 0 Å². The van der Waals surface area contributed by atoms with Crippen LogP contribution in [0.4, 0.5) is 5.69 Å². The van der Waals surface area contributed by atoms with Gasteiger partial charge >= 0.3 is 0 Å².